The average molecular weight is 320 g/mol. The van der Waals surface area contributed by atoms with Crippen LogP contribution >= 0.6 is 27.5 Å². The molecule has 3 nitrogen and oxygen atoms in total. The van der Waals surface area contributed by atoms with Crippen LogP contribution in [-0.4, -0.2) is 37.2 Å². The number of hydrogen-bond donors (Lipinski definition) is 1. The van der Waals surface area contributed by atoms with E-state index in [2.05, 4.69) is 20.8 Å². The van der Waals surface area contributed by atoms with Crippen molar-refractivity contribution in [2.45, 2.75) is 12.5 Å². The smallest absolute Gasteiger partial charge is 0.133 e. The van der Waals surface area contributed by atoms with Crippen LogP contribution in [0, 0.1) is 0 Å². The summed E-state index contributed by atoms with van der Waals surface area (Å²) in [6.45, 7) is 3.65. The minimum absolute atomic E-state index is 0.331. The minimum atomic E-state index is 0.331. The molecule has 0 amide bonds. The van der Waals surface area contributed by atoms with Crippen molar-refractivity contribution in [3.63, 3.8) is 0 Å². The Morgan fingerprint density at radius 1 is 1.53 bits per heavy atom. The highest BCUT2D eigenvalue weighted by Gasteiger charge is 2.18. The summed E-state index contributed by atoms with van der Waals surface area (Å²) >= 11 is 9.29. The zero-order chi connectivity index (χ0) is 12.3. The van der Waals surface area contributed by atoms with Gasteiger partial charge < -0.3 is 10.5 Å². The van der Waals surface area contributed by atoms with Crippen molar-refractivity contribution < 1.29 is 4.74 Å². The summed E-state index contributed by atoms with van der Waals surface area (Å²) in [6.07, 6.45) is 1.09. The molecule has 1 unspecified atom stereocenters. The van der Waals surface area contributed by atoms with Gasteiger partial charge in [0.25, 0.3) is 0 Å². The lowest BCUT2D eigenvalue weighted by molar-refractivity contribution is 0.235. The Morgan fingerprint density at radius 3 is 3.00 bits per heavy atom. The van der Waals surface area contributed by atoms with Gasteiger partial charge in [0.15, 0.2) is 0 Å². The normalized spacial score (nSPS) is 20.8. The Bertz CT molecular complexity index is 389. The van der Waals surface area contributed by atoms with E-state index in [-0.39, 0.29) is 0 Å². The minimum Gasteiger partial charge on any atom is -0.491 e. The van der Waals surface area contributed by atoms with Crippen LogP contribution in [0.1, 0.15) is 6.42 Å². The molecule has 1 atom stereocenters. The van der Waals surface area contributed by atoms with Crippen molar-refractivity contribution in [2.24, 2.45) is 5.73 Å². The number of halogens is 2. The van der Waals surface area contributed by atoms with Gasteiger partial charge in [0.1, 0.15) is 12.4 Å². The summed E-state index contributed by atoms with van der Waals surface area (Å²) < 4.78 is 6.59. The third kappa shape index (κ3) is 3.85. The lowest BCUT2D eigenvalue weighted by atomic mass is 10.3. The highest BCUT2D eigenvalue weighted by Crippen LogP contribution is 2.27. The molecular weight excluding hydrogens is 304 g/mol. The molecule has 5 heteroatoms. The number of likely N-dealkylation sites (tertiary alicyclic amines) is 1. The SMILES string of the molecule is NC1CCN(CCOc2ccc(Cl)cc2Br)C1. The maximum atomic E-state index is 5.86. The molecule has 1 heterocycles. The highest BCUT2D eigenvalue weighted by molar-refractivity contribution is 9.10. The van der Waals surface area contributed by atoms with Crippen LogP contribution in [0.3, 0.4) is 0 Å². The van der Waals surface area contributed by atoms with E-state index in [9.17, 15) is 0 Å². The van der Waals surface area contributed by atoms with E-state index < -0.39 is 0 Å². The van der Waals surface area contributed by atoms with Gasteiger partial charge in [0, 0.05) is 24.2 Å². The second-order valence-electron chi connectivity index (χ2n) is 4.27. The van der Waals surface area contributed by atoms with E-state index in [1.54, 1.807) is 0 Å². The second kappa shape index (κ2) is 6.05. The van der Waals surface area contributed by atoms with E-state index in [1.165, 1.54) is 0 Å². The van der Waals surface area contributed by atoms with Gasteiger partial charge in [-0.15, -0.1) is 0 Å². The Labute approximate surface area is 115 Å². The van der Waals surface area contributed by atoms with Gasteiger partial charge in [-0.05, 0) is 47.1 Å². The topological polar surface area (TPSA) is 38.5 Å². The monoisotopic (exact) mass is 318 g/mol. The van der Waals surface area contributed by atoms with Gasteiger partial charge in [-0.1, -0.05) is 11.6 Å². The predicted molar refractivity (Wildman–Crippen MR) is 73.7 cm³/mol. The third-order valence-electron chi connectivity index (χ3n) is 2.87. The van der Waals surface area contributed by atoms with Crippen molar-refractivity contribution in [3.05, 3.63) is 27.7 Å². The maximum absolute atomic E-state index is 5.86. The standard InChI is InChI=1S/C12H16BrClN2O/c13-11-7-9(14)1-2-12(11)17-6-5-16-4-3-10(15)8-16/h1-2,7,10H,3-6,8,15H2. The lowest BCUT2D eigenvalue weighted by Crippen LogP contribution is -2.29. The van der Waals surface area contributed by atoms with Crippen LogP contribution in [-0.2, 0) is 0 Å². The van der Waals surface area contributed by atoms with Crippen molar-refractivity contribution in [1.82, 2.24) is 4.90 Å². The molecule has 1 aliphatic rings. The zero-order valence-electron chi connectivity index (χ0n) is 9.53. The molecule has 0 saturated carbocycles. The van der Waals surface area contributed by atoms with Crippen LogP contribution < -0.4 is 10.5 Å². The first kappa shape index (κ1) is 13.1. The van der Waals surface area contributed by atoms with Crippen LogP contribution in [0.5, 0.6) is 5.75 Å². The number of nitrogens with two attached hydrogens (primary N) is 1. The number of hydrogen-bond acceptors (Lipinski definition) is 3. The molecule has 1 aromatic carbocycles. The van der Waals surface area contributed by atoms with Crippen LogP contribution in [0.25, 0.3) is 0 Å². The Hall–Kier alpha value is -0.290. The number of ether oxygens (including phenoxy) is 1. The largest absolute Gasteiger partial charge is 0.491 e. The van der Waals surface area contributed by atoms with Gasteiger partial charge in [-0.2, -0.15) is 0 Å². The predicted octanol–water partition coefficient (Wildman–Crippen LogP) is 2.51. The maximum Gasteiger partial charge on any atom is 0.133 e. The summed E-state index contributed by atoms with van der Waals surface area (Å²) in [5, 5.41) is 0.703. The molecule has 1 saturated heterocycles. The molecule has 94 valence electrons. The molecule has 0 aliphatic carbocycles. The van der Waals surface area contributed by atoms with Crippen LogP contribution in [0.4, 0.5) is 0 Å². The molecule has 2 rings (SSSR count). The molecule has 1 fully saturated rings. The fraction of sp³-hybridized carbons (Fsp3) is 0.500. The Balaban J connectivity index is 1.78. The summed E-state index contributed by atoms with van der Waals surface area (Å²) in [5.74, 6) is 0.831. The van der Waals surface area contributed by atoms with E-state index >= 15 is 0 Å². The molecule has 2 N–H and O–H groups in total. The molecule has 0 aromatic heterocycles. The van der Waals surface area contributed by atoms with Gasteiger partial charge in [0.2, 0.25) is 0 Å². The summed E-state index contributed by atoms with van der Waals surface area (Å²) in [7, 11) is 0. The number of nitrogens with zero attached hydrogens (tertiary/aromatic N) is 1. The first-order chi connectivity index (χ1) is 8.15. The quantitative estimate of drug-likeness (QED) is 0.927. The molecule has 1 aliphatic heterocycles. The van der Waals surface area contributed by atoms with E-state index in [1.807, 2.05) is 18.2 Å². The molecule has 0 bridgehead atoms. The zero-order valence-corrected chi connectivity index (χ0v) is 11.9. The second-order valence-corrected chi connectivity index (χ2v) is 5.56. The van der Waals surface area contributed by atoms with Gasteiger partial charge in [-0.3, -0.25) is 4.90 Å². The third-order valence-corrected chi connectivity index (χ3v) is 3.72. The van der Waals surface area contributed by atoms with E-state index in [4.69, 9.17) is 22.1 Å². The van der Waals surface area contributed by atoms with Gasteiger partial charge in [0.05, 0.1) is 4.47 Å². The van der Waals surface area contributed by atoms with Crippen LogP contribution in [0.2, 0.25) is 5.02 Å². The van der Waals surface area contributed by atoms with Crippen molar-refractivity contribution in [3.8, 4) is 5.75 Å². The van der Waals surface area contributed by atoms with E-state index in [0.29, 0.717) is 17.7 Å². The van der Waals surface area contributed by atoms with Gasteiger partial charge in [-0.25, -0.2) is 0 Å². The van der Waals surface area contributed by atoms with Crippen molar-refractivity contribution in [1.29, 1.82) is 0 Å². The first-order valence-electron chi connectivity index (χ1n) is 5.71. The summed E-state index contributed by atoms with van der Waals surface area (Å²) in [6, 6.07) is 5.87. The van der Waals surface area contributed by atoms with Crippen molar-refractivity contribution in [2.75, 3.05) is 26.2 Å². The van der Waals surface area contributed by atoms with Crippen LogP contribution in [0.15, 0.2) is 22.7 Å². The van der Waals surface area contributed by atoms with Gasteiger partial charge >= 0.3 is 0 Å². The Kier molecular flexibility index (Phi) is 4.68. The summed E-state index contributed by atoms with van der Waals surface area (Å²) in [5.41, 5.74) is 5.84. The number of benzene rings is 1. The fourth-order valence-electron chi connectivity index (χ4n) is 1.94. The molecule has 0 radical (unpaired) electrons. The highest BCUT2D eigenvalue weighted by atomic mass is 79.9. The number of rotatable bonds is 4. The molecular formula is C12H16BrClN2O. The fourth-order valence-corrected chi connectivity index (χ4v) is 2.74. The molecule has 1 aromatic rings. The average Bonchev–Trinajstić information content (AvgIpc) is 2.68. The lowest BCUT2D eigenvalue weighted by Gasteiger charge is -2.16. The molecule has 17 heavy (non-hydrogen) atoms. The molecule has 0 spiro atoms. The van der Waals surface area contributed by atoms with Crippen molar-refractivity contribution >= 4 is 27.5 Å². The summed E-state index contributed by atoms with van der Waals surface area (Å²) in [4.78, 5) is 2.33. The van der Waals surface area contributed by atoms with E-state index in [0.717, 1.165) is 36.3 Å². The Morgan fingerprint density at radius 2 is 2.35 bits per heavy atom. The first-order valence-corrected chi connectivity index (χ1v) is 6.88.